The molecule has 0 saturated carbocycles. The van der Waals surface area contributed by atoms with E-state index in [-0.39, 0.29) is 107 Å². The Labute approximate surface area is 433 Å². The fourth-order valence-corrected chi connectivity index (χ4v) is 9.51. The molecule has 0 radical (unpaired) electrons. The second-order valence-corrected chi connectivity index (χ2v) is 20.2. The Morgan fingerprint density at radius 3 is 2.31 bits per heavy atom. The molecule has 5 aromatic rings. The highest BCUT2D eigenvalue weighted by Gasteiger charge is 2.44. The summed E-state index contributed by atoms with van der Waals surface area (Å²) in [4.78, 5) is 86.8. The summed E-state index contributed by atoms with van der Waals surface area (Å²) in [7, 11) is 1.54. The third-order valence-electron chi connectivity index (χ3n) is 12.7. The van der Waals surface area contributed by atoms with Crippen LogP contribution in [0.4, 0.5) is 0 Å². The molecule has 2 aromatic heterocycles. The first-order valence-electron chi connectivity index (χ1n) is 24.5. The molecule has 74 heavy (non-hydrogen) atoms. The summed E-state index contributed by atoms with van der Waals surface area (Å²) in [6, 6.07) is 19.6. The van der Waals surface area contributed by atoms with Crippen LogP contribution in [0.2, 0.25) is 0 Å². The van der Waals surface area contributed by atoms with Gasteiger partial charge in [0.05, 0.1) is 60.2 Å². The maximum Gasteiger partial charge on any atom is 0.273 e. The van der Waals surface area contributed by atoms with E-state index in [0.29, 0.717) is 5.56 Å². The van der Waals surface area contributed by atoms with Gasteiger partial charge in [-0.2, -0.15) is 0 Å². The van der Waals surface area contributed by atoms with E-state index in [0.717, 1.165) is 40.1 Å². The van der Waals surface area contributed by atoms with Crippen LogP contribution >= 0.6 is 11.3 Å². The van der Waals surface area contributed by atoms with Gasteiger partial charge in [0.25, 0.3) is 11.8 Å². The minimum atomic E-state index is -1.01. The van der Waals surface area contributed by atoms with Crippen molar-refractivity contribution < 1.29 is 57.7 Å². The van der Waals surface area contributed by atoms with E-state index in [1.807, 2.05) is 49.4 Å². The number of aromatic nitrogens is 2. The summed E-state index contributed by atoms with van der Waals surface area (Å²) < 4.78 is 21.8. The average molecular weight is 1040 g/mol. The number of fused-ring (bicyclic) bond motifs is 1. The standard InChI is InChI=1S/C53H64N8O12S/c1-32-47(74-31-56-32)35-12-10-33(11-13-35)27-55-50(67)42-25-37(62)28-61(42)52(69)48(53(2,3)4)58-46(65)30-72-23-21-70-20-22-71-29-45(64)54-18-19-60(5)51(68)39-16-14-36(24-43(39)63)44-26-41(59-73-44)49(66)57-40-17-15-34-8-6-7-9-38(34)40/h6-14,16,24,26,31,37,40,42,48,62-63H,15,17-23,25,27-30H2,1-5H3,(H,54,64)(H,55,67)(H,57,66)(H,58,65)/t37-,40-,42+,48?/m1/s1. The van der Waals surface area contributed by atoms with Gasteiger partial charge in [-0.05, 0) is 59.6 Å². The van der Waals surface area contributed by atoms with Crippen molar-refractivity contribution in [1.29, 1.82) is 0 Å². The van der Waals surface area contributed by atoms with E-state index >= 15 is 0 Å². The van der Waals surface area contributed by atoms with E-state index in [2.05, 4.69) is 37.5 Å². The highest BCUT2D eigenvalue weighted by atomic mass is 32.1. The number of hydrogen-bond acceptors (Lipinski definition) is 15. The van der Waals surface area contributed by atoms with E-state index in [9.17, 15) is 39.0 Å². The van der Waals surface area contributed by atoms with Gasteiger partial charge in [-0.1, -0.05) is 80.5 Å². The molecule has 7 rings (SSSR count). The summed E-state index contributed by atoms with van der Waals surface area (Å²) >= 11 is 1.56. The quantitative estimate of drug-likeness (QED) is 0.0507. The first-order valence-corrected chi connectivity index (χ1v) is 25.3. The molecule has 1 unspecified atom stereocenters. The number of carbonyl (C=O) groups is 6. The van der Waals surface area contributed by atoms with Gasteiger partial charge in [0.2, 0.25) is 23.6 Å². The van der Waals surface area contributed by atoms with Gasteiger partial charge in [0.15, 0.2) is 11.5 Å². The number of amides is 6. The molecule has 2 aliphatic rings. The van der Waals surface area contributed by atoms with Gasteiger partial charge >= 0.3 is 0 Å². The van der Waals surface area contributed by atoms with Crippen molar-refractivity contribution in [2.45, 2.75) is 77.7 Å². The highest BCUT2D eigenvalue weighted by Crippen LogP contribution is 2.33. The largest absolute Gasteiger partial charge is 0.507 e. The lowest BCUT2D eigenvalue weighted by molar-refractivity contribution is -0.144. The molecule has 4 atom stereocenters. The van der Waals surface area contributed by atoms with Crippen LogP contribution in [-0.2, 0) is 46.4 Å². The van der Waals surface area contributed by atoms with Crippen molar-refractivity contribution in [3.63, 3.8) is 0 Å². The van der Waals surface area contributed by atoms with Gasteiger partial charge in [0, 0.05) is 51.3 Å². The number of hydrogen-bond donors (Lipinski definition) is 6. The van der Waals surface area contributed by atoms with E-state index < -0.39 is 53.1 Å². The molecule has 6 N–H and O–H groups in total. The molecule has 6 amide bonds. The van der Waals surface area contributed by atoms with Crippen molar-refractivity contribution in [3.05, 3.63) is 112 Å². The van der Waals surface area contributed by atoms with Crippen molar-refractivity contribution >= 4 is 46.8 Å². The number of phenolic OH excluding ortho intramolecular Hbond substituents is 1. The molecule has 20 nitrogen and oxygen atoms in total. The number of benzene rings is 3. The fraction of sp³-hybridized carbons (Fsp3) is 0.434. The van der Waals surface area contributed by atoms with Crippen LogP contribution in [0.15, 0.2) is 82.8 Å². The molecule has 21 heteroatoms. The Bertz CT molecular complexity index is 2770. The third-order valence-corrected chi connectivity index (χ3v) is 13.7. The van der Waals surface area contributed by atoms with Gasteiger partial charge in [-0.3, -0.25) is 28.8 Å². The molecule has 0 spiro atoms. The lowest BCUT2D eigenvalue weighted by atomic mass is 9.85. The summed E-state index contributed by atoms with van der Waals surface area (Å²) in [6.45, 7) is 7.59. The molecule has 1 fully saturated rings. The number of aliphatic hydroxyl groups excluding tert-OH is 1. The SMILES string of the molecule is Cc1ncsc1-c1ccc(CNC(=O)[C@@H]2C[C@@H](O)CN2C(=O)C(NC(=O)COCCOCCOCC(=O)NCCN(C)C(=O)c2ccc(-c3cc(C(=O)N[C@@H]4CCc5ccccc54)no3)cc2O)C(C)(C)C)cc1. The molecule has 0 bridgehead atoms. The predicted molar refractivity (Wildman–Crippen MR) is 273 cm³/mol. The predicted octanol–water partition coefficient (Wildman–Crippen LogP) is 3.94. The number of likely N-dealkylation sites (N-methyl/N-ethyl adjacent to an activating group) is 1. The topological polar surface area (TPSA) is 264 Å². The zero-order valence-electron chi connectivity index (χ0n) is 42.2. The molecular formula is C53H64N8O12S. The van der Waals surface area contributed by atoms with Crippen molar-refractivity contribution in [2.24, 2.45) is 5.41 Å². The van der Waals surface area contributed by atoms with Crippen LogP contribution in [0.3, 0.4) is 0 Å². The number of carbonyl (C=O) groups excluding carboxylic acids is 6. The van der Waals surface area contributed by atoms with Gasteiger partial charge in [-0.15, -0.1) is 11.3 Å². The number of phenols is 1. The van der Waals surface area contributed by atoms with Gasteiger partial charge in [0.1, 0.15) is 31.0 Å². The molecule has 1 aliphatic heterocycles. The van der Waals surface area contributed by atoms with Crippen molar-refractivity contribution in [1.82, 2.24) is 41.2 Å². The minimum absolute atomic E-state index is 0.0349. The van der Waals surface area contributed by atoms with E-state index in [1.54, 1.807) is 43.7 Å². The normalized spacial score (nSPS) is 16.6. The number of thiazole rings is 1. The first-order chi connectivity index (χ1) is 35.5. The zero-order valence-corrected chi connectivity index (χ0v) is 43.0. The Morgan fingerprint density at radius 1 is 0.905 bits per heavy atom. The third kappa shape index (κ3) is 14.4. The Balaban J connectivity index is 0.739. The van der Waals surface area contributed by atoms with E-state index in [1.165, 1.54) is 40.6 Å². The van der Waals surface area contributed by atoms with Crippen LogP contribution < -0.4 is 21.3 Å². The first kappa shape index (κ1) is 54.7. The number of likely N-dealkylation sites (tertiary alicyclic amines) is 1. The summed E-state index contributed by atoms with van der Waals surface area (Å²) in [5, 5.41) is 36.6. The van der Waals surface area contributed by atoms with Gasteiger partial charge in [-0.25, -0.2) is 4.98 Å². The highest BCUT2D eigenvalue weighted by molar-refractivity contribution is 7.13. The Kier molecular flexibility index (Phi) is 18.7. The molecule has 1 saturated heterocycles. The van der Waals surface area contributed by atoms with Crippen molar-refractivity contribution in [3.8, 4) is 27.5 Å². The van der Waals surface area contributed by atoms with Crippen molar-refractivity contribution in [2.75, 3.05) is 66.3 Å². The minimum Gasteiger partial charge on any atom is -0.507 e. The summed E-state index contributed by atoms with van der Waals surface area (Å²) in [5.74, 6) is -2.75. The molecule has 3 aromatic carbocycles. The molecular weight excluding hydrogens is 973 g/mol. The molecule has 394 valence electrons. The molecule has 3 heterocycles. The molecule has 1 aliphatic carbocycles. The zero-order chi connectivity index (χ0) is 52.9. The number of β-amino-alcohol motifs (C(OH)–C–C–N with tert-alkyl or cyclic N) is 1. The van der Waals surface area contributed by atoms with Crippen LogP contribution in [0.1, 0.15) is 82.9 Å². The van der Waals surface area contributed by atoms with E-state index in [4.69, 9.17) is 18.7 Å². The van der Waals surface area contributed by atoms with Crippen LogP contribution in [0, 0.1) is 12.3 Å². The number of ether oxygens (including phenoxy) is 3. The summed E-state index contributed by atoms with van der Waals surface area (Å²) in [5.41, 5.74) is 6.74. The second-order valence-electron chi connectivity index (χ2n) is 19.3. The average Bonchev–Trinajstić information content (AvgIpc) is 4.21. The maximum absolute atomic E-state index is 13.9. The van der Waals surface area contributed by atoms with Crippen LogP contribution in [-0.4, -0.2) is 150 Å². The second kappa shape index (κ2) is 25.3. The Morgan fingerprint density at radius 2 is 1.61 bits per heavy atom. The number of nitrogens with zero attached hydrogens (tertiary/aromatic N) is 4. The maximum atomic E-state index is 13.9. The smallest absolute Gasteiger partial charge is 0.273 e. The number of nitrogens with one attached hydrogen (secondary N) is 4. The lowest BCUT2D eigenvalue weighted by Crippen LogP contribution is -2.58. The number of rotatable bonds is 23. The lowest BCUT2D eigenvalue weighted by Gasteiger charge is -2.35. The Hall–Kier alpha value is -7.04. The van der Waals surface area contributed by atoms with Gasteiger partial charge < -0.3 is 60.0 Å². The van der Waals surface area contributed by atoms with Crippen LogP contribution in [0.25, 0.3) is 21.8 Å². The number of aliphatic hydroxyl groups is 1. The summed E-state index contributed by atoms with van der Waals surface area (Å²) in [6.07, 6.45) is 0.832. The fourth-order valence-electron chi connectivity index (χ4n) is 8.69. The van der Waals surface area contributed by atoms with Crippen LogP contribution in [0.5, 0.6) is 5.75 Å². The number of aromatic hydroxyl groups is 1. The monoisotopic (exact) mass is 1040 g/mol. The number of aryl methyl sites for hydroxylation is 2.